The van der Waals surface area contributed by atoms with E-state index >= 15 is 0 Å². The number of rotatable bonds is 4. The van der Waals surface area contributed by atoms with Gasteiger partial charge in [-0.05, 0) is 0 Å². The van der Waals surface area contributed by atoms with E-state index in [1.54, 1.807) is 0 Å². The van der Waals surface area contributed by atoms with E-state index in [0.29, 0.717) is 26.1 Å². The fourth-order valence-corrected chi connectivity index (χ4v) is 1.53. The molecule has 1 aliphatic rings. The second-order valence-electron chi connectivity index (χ2n) is 3.71. The Balaban J connectivity index is 2.33. The molecule has 0 aliphatic carbocycles. The number of alkyl halides is 3. The Bertz CT molecular complexity index is 190. The van der Waals surface area contributed by atoms with Crippen LogP contribution in [0.3, 0.4) is 0 Å². The highest BCUT2D eigenvalue weighted by Gasteiger charge is 2.34. The molecule has 0 aromatic heterocycles. The van der Waals surface area contributed by atoms with Crippen LogP contribution in [0.4, 0.5) is 13.2 Å². The van der Waals surface area contributed by atoms with Gasteiger partial charge in [-0.25, -0.2) is 0 Å². The number of hydrogen-bond acceptors (Lipinski definition) is 3. The van der Waals surface area contributed by atoms with Crippen LogP contribution in [-0.2, 0) is 9.47 Å². The van der Waals surface area contributed by atoms with E-state index in [1.807, 2.05) is 0 Å². The highest BCUT2D eigenvalue weighted by atomic mass is 19.4. The first-order valence-electron chi connectivity index (χ1n) is 4.96. The first-order valence-corrected chi connectivity index (χ1v) is 4.96. The molecule has 1 saturated heterocycles. The zero-order chi connectivity index (χ0) is 11.4. The van der Waals surface area contributed by atoms with E-state index in [-0.39, 0.29) is 13.2 Å². The van der Waals surface area contributed by atoms with Crippen LogP contribution in [0, 0.1) is 0 Å². The summed E-state index contributed by atoms with van der Waals surface area (Å²) >= 11 is 0. The standard InChI is InChI=1S/C9H16F3NO2/c10-9(11,12)3-6-15-8(7-13)1-4-14-5-2-8/h1-7,13H2. The van der Waals surface area contributed by atoms with Crippen molar-refractivity contribution >= 4 is 0 Å². The Morgan fingerprint density at radius 1 is 1.27 bits per heavy atom. The third kappa shape index (κ3) is 4.36. The van der Waals surface area contributed by atoms with Crippen molar-refractivity contribution in [2.45, 2.75) is 31.0 Å². The molecule has 0 aromatic rings. The van der Waals surface area contributed by atoms with E-state index in [4.69, 9.17) is 15.2 Å². The Labute approximate surface area is 86.7 Å². The second-order valence-corrected chi connectivity index (χ2v) is 3.71. The molecule has 0 bridgehead atoms. The summed E-state index contributed by atoms with van der Waals surface area (Å²) in [6, 6.07) is 0. The smallest absolute Gasteiger partial charge is 0.381 e. The van der Waals surface area contributed by atoms with Crippen molar-refractivity contribution in [2.24, 2.45) is 5.73 Å². The van der Waals surface area contributed by atoms with Crippen LogP contribution in [0.2, 0.25) is 0 Å². The molecule has 0 amide bonds. The van der Waals surface area contributed by atoms with Crippen LogP contribution in [0.15, 0.2) is 0 Å². The van der Waals surface area contributed by atoms with Gasteiger partial charge in [-0.1, -0.05) is 0 Å². The quantitative estimate of drug-likeness (QED) is 0.790. The van der Waals surface area contributed by atoms with E-state index in [1.165, 1.54) is 0 Å². The van der Waals surface area contributed by atoms with Crippen LogP contribution in [0.25, 0.3) is 0 Å². The molecule has 1 rings (SSSR count). The molecule has 2 N–H and O–H groups in total. The maximum Gasteiger partial charge on any atom is 0.391 e. The van der Waals surface area contributed by atoms with Crippen molar-refractivity contribution < 1.29 is 22.6 Å². The summed E-state index contributed by atoms with van der Waals surface area (Å²) in [5.74, 6) is 0. The van der Waals surface area contributed by atoms with Gasteiger partial charge in [0.2, 0.25) is 0 Å². The molecular weight excluding hydrogens is 211 g/mol. The van der Waals surface area contributed by atoms with Gasteiger partial charge in [-0.2, -0.15) is 13.2 Å². The van der Waals surface area contributed by atoms with Gasteiger partial charge in [-0.15, -0.1) is 0 Å². The van der Waals surface area contributed by atoms with Gasteiger partial charge >= 0.3 is 6.18 Å². The lowest BCUT2D eigenvalue weighted by Crippen LogP contribution is -2.46. The van der Waals surface area contributed by atoms with Crippen molar-refractivity contribution in [3.8, 4) is 0 Å². The Morgan fingerprint density at radius 2 is 1.87 bits per heavy atom. The topological polar surface area (TPSA) is 44.5 Å². The molecule has 1 fully saturated rings. The van der Waals surface area contributed by atoms with Crippen LogP contribution in [0.1, 0.15) is 19.3 Å². The van der Waals surface area contributed by atoms with Gasteiger partial charge in [0.25, 0.3) is 0 Å². The van der Waals surface area contributed by atoms with Crippen molar-refractivity contribution in [1.82, 2.24) is 0 Å². The van der Waals surface area contributed by atoms with Gasteiger partial charge in [0, 0.05) is 32.6 Å². The summed E-state index contributed by atoms with van der Waals surface area (Å²) < 4.78 is 46.1. The van der Waals surface area contributed by atoms with Crippen LogP contribution < -0.4 is 5.73 Å². The number of ether oxygens (including phenoxy) is 2. The largest absolute Gasteiger partial charge is 0.391 e. The van der Waals surface area contributed by atoms with Crippen molar-refractivity contribution in [1.29, 1.82) is 0 Å². The van der Waals surface area contributed by atoms with E-state index in [2.05, 4.69) is 0 Å². The summed E-state index contributed by atoms with van der Waals surface area (Å²) in [6.07, 6.45) is -3.95. The van der Waals surface area contributed by atoms with E-state index in [9.17, 15) is 13.2 Å². The summed E-state index contributed by atoms with van der Waals surface area (Å²) in [5, 5.41) is 0. The van der Waals surface area contributed by atoms with Crippen molar-refractivity contribution in [3.63, 3.8) is 0 Å². The van der Waals surface area contributed by atoms with Crippen LogP contribution in [-0.4, -0.2) is 38.1 Å². The Hall–Kier alpha value is -0.330. The Morgan fingerprint density at radius 3 is 2.33 bits per heavy atom. The molecule has 0 spiro atoms. The lowest BCUT2D eigenvalue weighted by molar-refractivity contribution is -0.167. The minimum Gasteiger partial charge on any atom is -0.381 e. The minimum atomic E-state index is -4.17. The average molecular weight is 227 g/mol. The molecule has 0 radical (unpaired) electrons. The minimum absolute atomic E-state index is 0.244. The van der Waals surface area contributed by atoms with Crippen LogP contribution in [0.5, 0.6) is 0 Å². The molecule has 6 heteroatoms. The SMILES string of the molecule is NCC1(OCCC(F)(F)F)CCOCC1. The lowest BCUT2D eigenvalue weighted by atomic mass is 9.94. The van der Waals surface area contributed by atoms with Gasteiger partial charge in [0.1, 0.15) is 0 Å². The molecule has 0 unspecified atom stereocenters. The van der Waals surface area contributed by atoms with Crippen molar-refractivity contribution in [3.05, 3.63) is 0 Å². The summed E-state index contributed by atoms with van der Waals surface area (Å²) in [5.41, 5.74) is 4.92. The van der Waals surface area contributed by atoms with Gasteiger partial charge in [0.05, 0.1) is 18.6 Å². The highest BCUT2D eigenvalue weighted by molar-refractivity contribution is 4.84. The number of halogens is 3. The van der Waals surface area contributed by atoms with Gasteiger partial charge in [-0.3, -0.25) is 0 Å². The molecule has 15 heavy (non-hydrogen) atoms. The predicted octanol–water partition coefficient (Wildman–Crippen LogP) is 1.46. The first kappa shape index (κ1) is 12.7. The van der Waals surface area contributed by atoms with Gasteiger partial charge in [0.15, 0.2) is 0 Å². The summed E-state index contributed by atoms with van der Waals surface area (Å²) in [6.45, 7) is 0.932. The fourth-order valence-electron chi connectivity index (χ4n) is 1.53. The maximum absolute atomic E-state index is 11.9. The number of hydrogen-bond donors (Lipinski definition) is 1. The lowest BCUT2D eigenvalue weighted by Gasteiger charge is -2.36. The normalized spacial score (nSPS) is 21.6. The molecule has 1 heterocycles. The van der Waals surface area contributed by atoms with E-state index < -0.39 is 18.2 Å². The maximum atomic E-state index is 11.9. The van der Waals surface area contributed by atoms with Gasteiger partial charge < -0.3 is 15.2 Å². The first-order chi connectivity index (χ1) is 6.97. The molecule has 0 aromatic carbocycles. The highest BCUT2D eigenvalue weighted by Crippen LogP contribution is 2.26. The molecule has 90 valence electrons. The van der Waals surface area contributed by atoms with E-state index in [0.717, 1.165) is 0 Å². The molecule has 3 nitrogen and oxygen atoms in total. The molecule has 0 atom stereocenters. The Kier molecular flexibility index (Phi) is 4.36. The van der Waals surface area contributed by atoms with Crippen LogP contribution >= 0.6 is 0 Å². The second kappa shape index (κ2) is 5.14. The molecular formula is C9H16F3NO2. The average Bonchev–Trinajstić information content (AvgIpc) is 2.17. The third-order valence-electron chi connectivity index (χ3n) is 2.57. The third-order valence-corrected chi connectivity index (χ3v) is 2.57. The number of nitrogens with two attached hydrogens (primary N) is 1. The van der Waals surface area contributed by atoms with Crippen molar-refractivity contribution in [2.75, 3.05) is 26.4 Å². The zero-order valence-corrected chi connectivity index (χ0v) is 8.48. The predicted molar refractivity (Wildman–Crippen MR) is 48.5 cm³/mol. The summed E-state index contributed by atoms with van der Waals surface area (Å²) in [7, 11) is 0. The molecule has 0 saturated carbocycles. The zero-order valence-electron chi connectivity index (χ0n) is 8.48. The fraction of sp³-hybridized carbons (Fsp3) is 1.00. The summed E-state index contributed by atoms with van der Waals surface area (Å²) in [4.78, 5) is 0. The molecule has 1 aliphatic heterocycles. The monoisotopic (exact) mass is 227 g/mol.